The molecule has 2 rings (SSSR count). The molecule has 2 aliphatic rings. The maximum absolute atomic E-state index is 5.52. The van der Waals surface area contributed by atoms with Crippen molar-refractivity contribution in [2.24, 2.45) is 5.92 Å². The Balaban J connectivity index is 1.54. The predicted octanol–water partition coefficient (Wildman–Crippen LogP) is 1.94. The highest BCUT2D eigenvalue weighted by Gasteiger charge is 2.34. The van der Waals surface area contributed by atoms with Crippen LogP contribution < -0.4 is 5.32 Å². The molecule has 76 valence electrons. The summed E-state index contributed by atoms with van der Waals surface area (Å²) in [5.74, 6) is 0.959. The lowest BCUT2D eigenvalue weighted by atomic mass is 9.79. The molecule has 0 aromatic carbocycles. The molecule has 2 saturated carbocycles. The maximum atomic E-state index is 5.52. The zero-order valence-corrected chi connectivity index (χ0v) is 8.75. The van der Waals surface area contributed by atoms with E-state index in [-0.39, 0.29) is 0 Å². The van der Waals surface area contributed by atoms with Crippen LogP contribution in [-0.2, 0) is 4.74 Å². The Morgan fingerprint density at radius 1 is 1.15 bits per heavy atom. The van der Waals surface area contributed by atoms with Crippen LogP contribution in [0.2, 0.25) is 0 Å². The Hall–Kier alpha value is -0.0800. The Morgan fingerprint density at radius 3 is 2.31 bits per heavy atom. The molecular formula is C11H21NO. The van der Waals surface area contributed by atoms with Crippen molar-refractivity contribution in [3.63, 3.8) is 0 Å². The molecule has 0 radical (unpaired) electrons. The first-order valence-corrected chi connectivity index (χ1v) is 5.65. The molecule has 0 saturated heterocycles. The second kappa shape index (κ2) is 3.97. The zero-order chi connectivity index (χ0) is 9.26. The number of hydrogen-bond donors (Lipinski definition) is 1. The normalized spacial score (nSPS) is 43.8. The lowest BCUT2D eigenvalue weighted by Crippen LogP contribution is -2.52. The molecular weight excluding hydrogens is 162 g/mol. The number of nitrogens with one attached hydrogen (secondary N) is 1. The Bertz CT molecular complexity index is 159. The highest BCUT2D eigenvalue weighted by Crippen LogP contribution is 2.30. The lowest BCUT2D eigenvalue weighted by molar-refractivity contribution is -0.0165. The fourth-order valence-corrected chi connectivity index (χ4v) is 2.45. The van der Waals surface area contributed by atoms with E-state index in [4.69, 9.17) is 4.74 Å². The van der Waals surface area contributed by atoms with Crippen molar-refractivity contribution in [1.82, 2.24) is 5.32 Å². The van der Waals surface area contributed by atoms with Gasteiger partial charge in [-0.1, -0.05) is 6.92 Å². The van der Waals surface area contributed by atoms with E-state index in [2.05, 4.69) is 19.2 Å². The molecule has 0 spiro atoms. The van der Waals surface area contributed by atoms with Crippen LogP contribution in [0.25, 0.3) is 0 Å². The van der Waals surface area contributed by atoms with Crippen molar-refractivity contribution in [3.8, 4) is 0 Å². The standard InChI is InChI=1S/C11H21NO/c1-3-13-11-6-10(7-11)12-9-4-8(2)5-9/h8-12H,3-7H2,1-2H3. The van der Waals surface area contributed by atoms with Gasteiger partial charge in [-0.2, -0.15) is 0 Å². The lowest BCUT2D eigenvalue weighted by Gasteiger charge is -2.42. The average molecular weight is 183 g/mol. The smallest absolute Gasteiger partial charge is 0.0604 e. The summed E-state index contributed by atoms with van der Waals surface area (Å²) in [6.45, 7) is 5.29. The monoisotopic (exact) mass is 183 g/mol. The van der Waals surface area contributed by atoms with E-state index in [9.17, 15) is 0 Å². The van der Waals surface area contributed by atoms with Crippen molar-refractivity contribution < 1.29 is 4.74 Å². The third-order valence-corrected chi connectivity index (χ3v) is 3.34. The average Bonchev–Trinajstić information content (AvgIpc) is 1.97. The van der Waals surface area contributed by atoms with Gasteiger partial charge in [0, 0.05) is 18.7 Å². The van der Waals surface area contributed by atoms with E-state index in [1.54, 1.807) is 0 Å². The third kappa shape index (κ3) is 2.23. The molecule has 0 unspecified atom stereocenters. The molecule has 2 heteroatoms. The molecule has 0 aromatic rings. The van der Waals surface area contributed by atoms with E-state index < -0.39 is 0 Å². The first-order chi connectivity index (χ1) is 6.28. The molecule has 0 bridgehead atoms. The molecule has 0 aromatic heterocycles. The van der Waals surface area contributed by atoms with Crippen LogP contribution >= 0.6 is 0 Å². The summed E-state index contributed by atoms with van der Waals surface area (Å²) in [5.41, 5.74) is 0. The van der Waals surface area contributed by atoms with Gasteiger partial charge < -0.3 is 10.1 Å². The molecule has 0 amide bonds. The molecule has 2 fully saturated rings. The topological polar surface area (TPSA) is 21.3 Å². The van der Waals surface area contributed by atoms with Crippen LogP contribution in [0.3, 0.4) is 0 Å². The van der Waals surface area contributed by atoms with E-state index in [1.165, 1.54) is 25.7 Å². The second-order valence-corrected chi connectivity index (χ2v) is 4.69. The summed E-state index contributed by atoms with van der Waals surface area (Å²) in [7, 11) is 0. The highest BCUT2D eigenvalue weighted by molar-refractivity contribution is 4.92. The predicted molar refractivity (Wildman–Crippen MR) is 53.8 cm³/mol. The van der Waals surface area contributed by atoms with Gasteiger partial charge in [-0.15, -0.1) is 0 Å². The number of rotatable bonds is 4. The van der Waals surface area contributed by atoms with E-state index in [0.717, 1.165) is 24.6 Å². The minimum absolute atomic E-state index is 0.556. The van der Waals surface area contributed by atoms with Gasteiger partial charge in [0.25, 0.3) is 0 Å². The molecule has 0 heterocycles. The van der Waals surface area contributed by atoms with Crippen LogP contribution in [0.15, 0.2) is 0 Å². The van der Waals surface area contributed by atoms with Gasteiger partial charge in [-0.3, -0.25) is 0 Å². The summed E-state index contributed by atoms with van der Waals surface area (Å²) in [4.78, 5) is 0. The zero-order valence-electron chi connectivity index (χ0n) is 8.75. The van der Waals surface area contributed by atoms with Crippen molar-refractivity contribution in [1.29, 1.82) is 0 Å². The SMILES string of the molecule is CCOC1CC(NC2CC(C)C2)C1. The molecule has 2 aliphatic carbocycles. The van der Waals surface area contributed by atoms with Gasteiger partial charge in [-0.05, 0) is 38.5 Å². The fraction of sp³-hybridized carbons (Fsp3) is 1.00. The quantitative estimate of drug-likeness (QED) is 0.719. The number of hydrogen-bond acceptors (Lipinski definition) is 2. The minimum atomic E-state index is 0.556. The van der Waals surface area contributed by atoms with Gasteiger partial charge in [0.1, 0.15) is 0 Å². The Labute approximate surface area is 81.0 Å². The first-order valence-electron chi connectivity index (χ1n) is 5.65. The largest absolute Gasteiger partial charge is 0.378 e. The summed E-state index contributed by atoms with van der Waals surface area (Å²) in [6.07, 6.45) is 5.79. The van der Waals surface area contributed by atoms with Crippen LogP contribution in [-0.4, -0.2) is 24.8 Å². The molecule has 0 atom stereocenters. The van der Waals surface area contributed by atoms with Crippen molar-refractivity contribution >= 4 is 0 Å². The summed E-state index contributed by atoms with van der Waals surface area (Å²) in [6, 6.07) is 1.58. The van der Waals surface area contributed by atoms with Gasteiger partial charge in [0.05, 0.1) is 6.10 Å². The molecule has 0 aliphatic heterocycles. The van der Waals surface area contributed by atoms with Crippen molar-refractivity contribution in [3.05, 3.63) is 0 Å². The van der Waals surface area contributed by atoms with Crippen LogP contribution in [0.1, 0.15) is 39.5 Å². The Morgan fingerprint density at radius 2 is 1.77 bits per heavy atom. The third-order valence-electron chi connectivity index (χ3n) is 3.34. The fourth-order valence-electron chi connectivity index (χ4n) is 2.45. The number of ether oxygens (including phenoxy) is 1. The minimum Gasteiger partial charge on any atom is -0.378 e. The second-order valence-electron chi connectivity index (χ2n) is 4.69. The van der Waals surface area contributed by atoms with Crippen LogP contribution in [0.5, 0.6) is 0 Å². The summed E-state index contributed by atoms with van der Waals surface area (Å²) < 4.78 is 5.52. The van der Waals surface area contributed by atoms with Gasteiger partial charge >= 0.3 is 0 Å². The van der Waals surface area contributed by atoms with Gasteiger partial charge in [-0.25, -0.2) is 0 Å². The van der Waals surface area contributed by atoms with Crippen molar-refractivity contribution in [2.75, 3.05) is 6.61 Å². The van der Waals surface area contributed by atoms with Gasteiger partial charge in [0.15, 0.2) is 0 Å². The molecule has 13 heavy (non-hydrogen) atoms. The van der Waals surface area contributed by atoms with E-state index in [0.29, 0.717) is 6.10 Å². The van der Waals surface area contributed by atoms with Crippen molar-refractivity contribution in [2.45, 2.75) is 57.7 Å². The van der Waals surface area contributed by atoms with E-state index >= 15 is 0 Å². The van der Waals surface area contributed by atoms with Crippen LogP contribution in [0, 0.1) is 5.92 Å². The Kier molecular flexibility index (Phi) is 2.89. The summed E-state index contributed by atoms with van der Waals surface area (Å²) in [5, 5.41) is 3.69. The summed E-state index contributed by atoms with van der Waals surface area (Å²) >= 11 is 0. The van der Waals surface area contributed by atoms with Crippen LogP contribution in [0.4, 0.5) is 0 Å². The molecule has 2 nitrogen and oxygen atoms in total. The first kappa shape index (κ1) is 9.47. The van der Waals surface area contributed by atoms with E-state index in [1.807, 2.05) is 0 Å². The van der Waals surface area contributed by atoms with Gasteiger partial charge in [0.2, 0.25) is 0 Å². The molecule has 1 N–H and O–H groups in total. The highest BCUT2D eigenvalue weighted by atomic mass is 16.5. The maximum Gasteiger partial charge on any atom is 0.0604 e.